The van der Waals surface area contributed by atoms with Crippen molar-refractivity contribution >= 4 is 0 Å². The first-order valence-corrected chi connectivity index (χ1v) is 12.7. The van der Waals surface area contributed by atoms with Gasteiger partial charge >= 0.3 is 0 Å². The molecule has 0 amide bonds. The summed E-state index contributed by atoms with van der Waals surface area (Å²) in [5.41, 5.74) is 10.8. The van der Waals surface area contributed by atoms with Crippen molar-refractivity contribution in [3.8, 4) is 0 Å². The van der Waals surface area contributed by atoms with Crippen LogP contribution in [-0.2, 0) is 14.2 Å². The van der Waals surface area contributed by atoms with E-state index in [0.717, 1.165) is 138 Å². The molecule has 0 saturated carbocycles. The molecule has 12 heteroatoms. The SMILES string of the molecule is C(CN1CN(CCNN2CCOCC2)CN(CCNN2CCOCC2)C1)NN1CCOCC1. The summed E-state index contributed by atoms with van der Waals surface area (Å²) in [5.74, 6) is 0. The fourth-order valence-corrected chi connectivity index (χ4v) is 4.67. The molecule has 4 saturated heterocycles. The van der Waals surface area contributed by atoms with Crippen LogP contribution in [0.25, 0.3) is 0 Å². The van der Waals surface area contributed by atoms with Crippen molar-refractivity contribution in [2.45, 2.75) is 0 Å². The zero-order chi connectivity index (χ0) is 22.6. The van der Waals surface area contributed by atoms with Crippen LogP contribution in [0.3, 0.4) is 0 Å². The fourth-order valence-electron chi connectivity index (χ4n) is 4.67. The maximum Gasteiger partial charge on any atom is 0.0608 e. The van der Waals surface area contributed by atoms with Gasteiger partial charge in [-0.05, 0) is 0 Å². The molecule has 4 aliphatic heterocycles. The number of hydrogen-bond donors (Lipinski definition) is 3. The maximum absolute atomic E-state index is 5.45. The Hall–Kier alpha value is -0.480. The Kier molecular flexibility index (Phi) is 11.5. The van der Waals surface area contributed by atoms with Crippen LogP contribution < -0.4 is 16.3 Å². The van der Waals surface area contributed by atoms with Gasteiger partial charge in [0.1, 0.15) is 0 Å². The normalized spacial score (nSPS) is 26.2. The van der Waals surface area contributed by atoms with Gasteiger partial charge < -0.3 is 14.2 Å². The third-order valence-electron chi connectivity index (χ3n) is 6.52. The molecule has 192 valence electrons. The van der Waals surface area contributed by atoms with E-state index >= 15 is 0 Å². The van der Waals surface area contributed by atoms with E-state index in [2.05, 4.69) is 46.0 Å². The number of nitrogens with one attached hydrogen (secondary N) is 3. The van der Waals surface area contributed by atoms with Crippen molar-refractivity contribution in [3.05, 3.63) is 0 Å². The number of hydrazine groups is 3. The van der Waals surface area contributed by atoms with Crippen LogP contribution in [0.5, 0.6) is 0 Å². The van der Waals surface area contributed by atoms with E-state index in [9.17, 15) is 0 Å². The first-order chi connectivity index (χ1) is 16.3. The number of ether oxygens (including phenoxy) is 3. The van der Waals surface area contributed by atoms with E-state index in [4.69, 9.17) is 14.2 Å². The average molecular weight is 472 g/mol. The summed E-state index contributed by atoms with van der Waals surface area (Å²) < 4.78 is 16.3. The molecule has 0 aromatic carbocycles. The topological polar surface area (TPSA) is 83.2 Å². The highest BCUT2D eigenvalue weighted by Crippen LogP contribution is 2.07. The molecule has 0 spiro atoms. The summed E-state index contributed by atoms with van der Waals surface area (Å²) in [7, 11) is 0. The van der Waals surface area contributed by atoms with E-state index in [-0.39, 0.29) is 0 Å². The predicted octanol–water partition coefficient (Wildman–Crippen LogP) is -2.71. The predicted molar refractivity (Wildman–Crippen MR) is 126 cm³/mol. The van der Waals surface area contributed by atoms with Gasteiger partial charge in [0.25, 0.3) is 0 Å². The number of rotatable bonds is 12. The summed E-state index contributed by atoms with van der Waals surface area (Å²) in [6, 6.07) is 0. The van der Waals surface area contributed by atoms with Crippen molar-refractivity contribution in [2.24, 2.45) is 0 Å². The first-order valence-electron chi connectivity index (χ1n) is 12.7. The van der Waals surface area contributed by atoms with Gasteiger partial charge in [0, 0.05) is 78.5 Å². The van der Waals surface area contributed by atoms with Gasteiger partial charge in [0.05, 0.1) is 59.6 Å². The molecule has 0 atom stereocenters. The summed E-state index contributed by atoms with van der Waals surface area (Å²) in [6.45, 7) is 19.9. The second-order valence-electron chi connectivity index (χ2n) is 9.13. The van der Waals surface area contributed by atoms with Crippen LogP contribution in [0.2, 0.25) is 0 Å². The molecule has 3 N–H and O–H groups in total. The number of morpholine rings is 3. The lowest BCUT2D eigenvalue weighted by Crippen LogP contribution is -2.59. The lowest BCUT2D eigenvalue weighted by Gasteiger charge is -2.43. The van der Waals surface area contributed by atoms with E-state index in [1.54, 1.807) is 0 Å². The van der Waals surface area contributed by atoms with Gasteiger partial charge in [-0.25, -0.2) is 15.0 Å². The molecule has 0 aromatic rings. The van der Waals surface area contributed by atoms with Crippen LogP contribution in [-0.4, -0.2) is 168 Å². The Morgan fingerprint density at radius 3 is 0.970 bits per heavy atom. The molecule has 4 aliphatic rings. The Morgan fingerprint density at radius 1 is 0.424 bits per heavy atom. The molecule has 0 aliphatic carbocycles. The van der Waals surface area contributed by atoms with E-state index in [1.165, 1.54) is 0 Å². The number of nitrogens with zero attached hydrogens (tertiary/aromatic N) is 6. The first kappa shape index (κ1) is 25.6. The van der Waals surface area contributed by atoms with Gasteiger partial charge in [0.2, 0.25) is 0 Å². The second-order valence-corrected chi connectivity index (χ2v) is 9.13. The quantitative estimate of drug-likeness (QED) is 0.277. The molecular formula is C21H45N9O3. The molecule has 0 radical (unpaired) electrons. The largest absolute Gasteiger partial charge is 0.379 e. The standard InChI is InChI=1S/C21H45N9O3/c1(22-28-7-13-31-14-8-28)4-25-19-26(5-2-23-29-9-15-32-16-10-29)21-27(20-25)6-3-24-30-11-17-33-18-12-30/h22-24H,1-21H2. The maximum atomic E-state index is 5.45. The highest BCUT2D eigenvalue weighted by molar-refractivity contribution is 4.72. The van der Waals surface area contributed by atoms with E-state index < -0.39 is 0 Å². The molecule has 4 fully saturated rings. The van der Waals surface area contributed by atoms with Crippen LogP contribution in [0.4, 0.5) is 0 Å². The lowest BCUT2D eigenvalue weighted by molar-refractivity contribution is -0.0415. The molecular weight excluding hydrogens is 426 g/mol. The van der Waals surface area contributed by atoms with Crippen LogP contribution >= 0.6 is 0 Å². The minimum Gasteiger partial charge on any atom is -0.379 e. The minimum absolute atomic E-state index is 0.824. The van der Waals surface area contributed by atoms with Crippen LogP contribution in [0.15, 0.2) is 0 Å². The lowest BCUT2D eigenvalue weighted by atomic mass is 10.4. The molecule has 4 heterocycles. The zero-order valence-electron chi connectivity index (χ0n) is 20.3. The third kappa shape index (κ3) is 9.59. The Bertz CT molecular complexity index is 440. The molecule has 0 aromatic heterocycles. The van der Waals surface area contributed by atoms with Crippen LogP contribution in [0.1, 0.15) is 0 Å². The van der Waals surface area contributed by atoms with E-state index in [0.29, 0.717) is 0 Å². The summed E-state index contributed by atoms with van der Waals surface area (Å²) in [4.78, 5) is 7.67. The van der Waals surface area contributed by atoms with Gasteiger partial charge in [-0.3, -0.25) is 31.0 Å². The average Bonchev–Trinajstić information content (AvgIpc) is 2.86. The van der Waals surface area contributed by atoms with Crippen molar-refractivity contribution < 1.29 is 14.2 Å². The molecule has 0 unspecified atom stereocenters. The molecule has 33 heavy (non-hydrogen) atoms. The summed E-state index contributed by atoms with van der Waals surface area (Å²) in [5, 5.41) is 6.88. The zero-order valence-corrected chi connectivity index (χ0v) is 20.3. The second kappa shape index (κ2) is 14.8. The Morgan fingerprint density at radius 2 is 0.697 bits per heavy atom. The Labute approximate surface area is 198 Å². The van der Waals surface area contributed by atoms with Gasteiger partial charge in [-0.1, -0.05) is 0 Å². The molecule has 12 nitrogen and oxygen atoms in total. The van der Waals surface area contributed by atoms with Crippen LogP contribution in [0, 0.1) is 0 Å². The summed E-state index contributed by atoms with van der Waals surface area (Å²) >= 11 is 0. The molecule has 4 rings (SSSR count). The number of hydrogen-bond acceptors (Lipinski definition) is 12. The Balaban J connectivity index is 1.18. The van der Waals surface area contributed by atoms with E-state index in [1.807, 2.05) is 0 Å². The smallest absolute Gasteiger partial charge is 0.0608 e. The van der Waals surface area contributed by atoms with Gasteiger partial charge in [-0.2, -0.15) is 0 Å². The monoisotopic (exact) mass is 471 g/mol. The highest BCUT2D eigenvalue weighted by atomic mass is 16.5. The van der Waals surface area contributed by atoms with Crippen molar-refractivity contribution in [2.75, 3.05) is 138 Å². The van der Waals surface area contributed by atoms with Crippen molar-refractivity contribution in [1.82, 2.24) is 46.0 Å². The van der Waals surface area contributed by atoms with Gasteiger partial charge in [0.15, 0.2) is 0 Å². The third-order valence-corrected chi connectivity index (χ3v) is 6.52. The fraction of sp³-hybridized carbons (Fsp3) is 1.00. The highest BCUT2D eigenvalue weighted by Gasteiger charge is 2.23. The van der Waals surface area contributed by atoms with Crippen molar-refractivity contribution in [1.29, 1.82) is 0 Å². The minimum atomic E-state index is 0.824. The molecule has 0 bridgehead atoms. The summed E-state index contributed by atoms with van der Waals surface area (Å²) in [6.07, 6.45) is 0. The van der Waals surface area contributed by atoms with Crippen molar-refractivity contribution in [3.63, 3.8) is 0 Å². The van der Waals surface area contributed by atoms with Gasteiger partial charge in [-0.15, -0.1) is 0 Å².